The van der Waals surface area contributed by atoms with Crippen LogP contribution in [0.25, 0.3) is 10.9 Å². The summed E-state index contributed by atoms with van der Waals surface area (Å²) in [5.41, 5.74) is 2.32. The van der Waals surface area contributed by atoms with E-state index >= 15 is 0 Å². The Bertz CT molecular complexity index is 1050. The van der Waals surface area contributed by atoms with Crippen LogP contribution < -0.4 is 14.8 Å². The molecule has 0 fully saturated rings. The van der Waals surface area contributed by atoms with Crippen molar-refractivity contribution in [3.8, 4) is 11.5 Å². The number of aromatic nitrogens is 1. The summed E-state index contributed by atoms with van der Waals surface area (Å²) in [7, 11) is 0. The standard InChI is InChI=1S/C20H16N2O5/c1-12-8-15(14-4-2-3-5-16(14)21-12)20(24)25-10-19(23)22-13-6-7-17-18(9-13)27-11-26-17/h2-9H,10-11H2,1H3,(H,22,23). The number of hydrogen-bond donors (Lipinski definition) is 1. The highest BCUT2D eigenvalue weighted by molar-refractivity contribution is 6.04. The SMILES string of the molecule is Cc1cc(C(=O)OCC(=O)Nc2ccc3c(c2)OCO3)c2ccccc2n1. The number of carbonyl (C=O) groups excluding carboxylic acids is 2. The van der Waals surface area contributed by atoms with Crippen LogP contribution in [0.5, 0.6) is 11.5 Å². The summed E-state index contributed by atoms with van der Waals surface area (Å²) in [6.07, 6.45) is 0. The molecule has 0 bridgehead atoms. The minimum atomic E-state index is -0.572. The Balaban J connectivity index is 1.43. The average Bonchev–Trinajstić information content (AvgIpc) is 3.13. The maximum Gasteiger partial charge on any atom is 0.339 e. The van der Waals surface area contributed by atoms with Gasteiger partial charge in [-0.2, -0.15) is 0 Å². The van der Waals surface area contributed by atoms with Crippen molar-refractivity contribution in [2.45, 2.75) is 6.92 Å². The Kier molecular flexibility index (Phi) is 4.33. The third-order valence-corrected chi connectivity index (χ3v) is 4.05. The van der Waals surface area contributed by atoms with Crippen LogP contribution in [0.4, 0.5) is 5.69 Å². The third-order valence-electron chi connectivity index (χ3n) is 4.05. The van der Waals surface area contributed by atoms with Gasteiger partial charge in [-0.25, -0.2) is 4.79 Å². The molecule has 0 saturated carbocycles. The number of nitrogens with one attached hydrogen (secondary N) is 1. The van der Waals surface area contributed by atoms with Crippen LogP contribution >= 0.6 is 0 Å². The number of anilines is 1. The fourth-order valence-electron chi connectivity index (χ4n) is 2.86. The Morgan fingerprint density at radius 3 is 2.81 bits per heavy atom. The molecule has 0 atom stereocenters. The minimum absolute atomic E-state index is 0.156. The van der Waals surface area contributed by atoms with E-state index in [1.54, 1.807) is 37.3 Å². The van der Waals surface area contributed by atoms with Crippen molar-refractivity contribution < 1.29 is 23.8 Å². The van der Waals surface area contributed by atoms with Crippen LogP contribution in [-0.2, 0) is 9.53 Å². The summed E-state index contributed by atoms with van der Waals surface area (Å²) < 4.78 is 15.7. The second kappa shape index (κ2) is 6.95. The quantitative estimate of drug-likeness (QED) is 0.716. The molecule has 7 heteroatoms. The number of benzene rings is 2. The fourth-order valence-corrected chi connectivity index (χ4v) is 2.86. The topological polar surface area (TPSA) is 86.8 Å². The minimum Gasteiger partial charge on any atom is -0.454 e. The summed E-state index contributed by atoms with van der Waals surface area (Å²) in [5, 5.41) is 3.35. The van der Waals surface area contributed by atoms with E-state index in [2.05, 4.69) is 10.3 Å². The Morgan fingerprint density at radius 2 is 1.93 bits per heavy atom. The van der Waals surface area contributed by atoms with E-state index in [0.717, 1.165) is 0 Å². The van der Waals surface area contributed by atoms with Crippen LogP contribution in [0.1, 0.15) is 16.1 Å². The number of rotatable bonds is 4. The normalized spacial score (nSPS) is 12.0. The zero-order valence-corrected chi connectivity index (χ0v) is 14.5. The van der Waals surface area contributed by atoms with Gasteiger partial charge in [0.25, 0.3) is 5.91 Å². The first-order valence-corrected chi connectivity index (χ1v) is 8.33. The summed E-state index contributed by atoms with van der Waals surface area (Å²) in [5.74, 6) is 0.165. The molecule has 1 aliphatic heterocycles. The van der Waals surface area contributed by atoms with Crippen LogP contribution in [0.15, 0.2) is 48.5 Å². The summed E-state index contributed by atoms with van der Waals surface area (Å²) in [6.45, 7) is 1.56. The molecule has 136 valence electrons. The van der Waals surface area contributed by atoms with E-state index in [-0.39, 0.29) is 6.79 Å². The lowest BCUT2D eigenvalue weighted by Crippen LogP contribution is -2.21. The lowest BCUT2D eigenvalue weighted by Gasteiger charge is -2.09. The zero-order valence-electron chi connectivity index (χ0n) is 14.5. The molecule has 0 saturated heterocycles. The summed E-state index contributed by atoms with van der Waals surface area (Å²) >= 11 is 0. The molecule has 1 amide bonds. The van der Waals surface area contributed by atoms with Gasteiger partial charge >= 0.3 is 5.97 Å². The third kappa shape index (κ3) is 3.52. The van der Waals surface area contributed by atoms with Crippen molar-refractivity contribution in [1.29, 1.82) is 0 Å². The Morgan fingerprint density at radius 1 is 1.11 bits per heavy atom. The number of nitrogens with zero attached hydrogens (tertiary/aromatic N) is 1. The number of ether oxygens (including phenoxy) is 3. The predicted octanol–water partition coefficient (Wildman–Crippen LogP) is 3.07. The average molecular weight is 364 g/mol. The molecule has 7 nitrogen and oxygen atoms in total. The van der Waals surface area contributed by atoms with Crippen molar-refractivity contribution in [3.05, 3.63) is 59.8 Å². The highest BCUT2D eigenvalue weighted by atomic mass is 16.7. The zero-order chi connectivity index (χ0) is 18.8. The number of aryl methyl sites for hydroxylation is 1. The van der Waals surface area contributed by atoms with E-state index < -0.39 is 18.5 Å². The first kappa shape index (κ1) is 16.8. The molecular weight excluding hydrogens is 348 g/mol. The number of hydrogen-bond acceptors (Lipinski definition) is 6. The first-order chi connectivity index (χ1) is 13.1. The monoisotopic (exact) mass is 364 g/mol. The van der Waals surface area contributed by atoms with Crippen LogP contribution in [0.2, 0.25) is 0 Å². The van der Waals surface area contributed by atoms with Crippen molar-refractivity contribution in [3.63, 3.8) is 0 Å². The number of carbonyl (C=O) groups is 2. The van der Waals surface area contributed by atoms with Crippen molar-refractivity contribution in [1.82, 2.24) is 4.98 Å². The van der Waals surface area contributed by atoms with E-state index in [0.29, 0.717) is 39.3 Å². The second-order valence-electron chi connectivity index (χ2n) is 6.02. The molecular formula is C20H16N2O5. The van der Waals surface area contributed by atoms with E-state index in [4.69, 9.17) is 14.2 Å². The van der Waals surface area contributed by atoms with E-state index in [9.17, 15) is 9.59 Å². The Labute approximate surface area is 154 Å². The maximum atomic E-state index is 12.5. The number of esters is 1. The fraction of sp³-hybridized carbons (Fsp3) is 0.150. The molecule has 0 spiro atoms. The van der Waals surface area contributed by atoms with Gasteiger partial charge in [0.1, 0.15) is 0 Å². The number of amides is 1. The largest absolute Gasteiger partial charge is 0.454 e. The number of fused-ring (bicyclic) bond motifs is 2. The maximum absolute atomic E-state index is 12.5. The molecule has 2 heterocycles. The highest BCUT2D eigenvalue weighted by Crippen LogP contribution is 2.34. The van der Waals surface area contributed by atoms with Crippen LogP contribution in [0, 0.1) is 6.92 Å². The molecule has 4 rings (SSSR count). The Hall–Kier alpha value is -3.61. The molecule has 0 unspecified atom stereocenters. The smallest absolute Gasteiger partial charge is 0.339 e. The van der Waals surface area contributed by atoms with Gasteiger partial charge in [0.15, 0.2) is 18.1 Å². The van der Waals surface area contributed by atoms with E-state index in [1.807, 2.05) is 18.2 Å². The van der Waals surface area contributed by atoms with Gasteiger partial charge in [0, 0.05) is 22.8 Å². The molecule has 0 radical (unpaired) electrons. The molecule has 27 heavy (non-hydrogen) atoms. The first-order valence-electron chi connectivity index (χ1n) is 8.33. The van der Waals surface area contributed by atoms with Crippen LogP contribution in [0.3, 0.4) is 0 Å². The van der Waals surface area contributed by atoms with Gasteiger partial charge in [-0.3, -0.25) is 9.78 Å². The molecule has 3 aromatic rings. The second-order valence-corrected chi connectivity index (χ2v) is 6.02. The molecule has 1 aromatic heterocycles. The van der Waals surface area contributed by atoms with Gasteiger partial charge in [0.2, 0.25) is 6.79 Å². The molecule has 1 N–H and O–H groups in total. The van der Waals surface area contributed by atoms with Crippen molar-refractivity contribution >= 4 is 28.5 Å². The van der Waals surface area contributed by atoms with Crippen molar-refractivity contribution in [2.24, 2.45) is 0 Å². The highest BCUT2D eigenvalue weighted by Gasteiger charge is 2.17. The van der Waals surface area contributed by atoms with Crippen molar-refractivity contribution in [2.75, 3.05) is 18.7 Å². The summed E-state index contributed by atoms with van der Waals surface area (Å²) in [4.78, 5) is 28.9. The van der Waals surface area contributed by atoms with Crippen LogP contribution in [-0.4, -0.2) is 30.3 Å². The molecule has 1 aliphatic rings. The van der Waals surface area contributed by atoms with Gasteiger partial charge in [0.05, 0.1) is 11.1 Å². The lowest BCUT2D eigenvalue weighted by atomic mass is 10.1. The predicted molar refractivity (Wildman–Crippen MR) is 98.0 cm³/mol. The lowest BCUT2D eigenvalue weighted by molar-refractivity contribution is -0.119. The van der Waals surface area contributed by atoms with Gasteiger partial charge in [-0.1, -0.05) is 18.2 Å². The van der Waals surface area contributed by atoms with E-state index in [1.165, 1.54) is 0 Å². The molecule has 2 aromatic carbocycles. The molecule has 0 aliphatic carbocycles. The van der Waals surface area contributed by atoms with Gasteiger partial charge < -0.3 is 19.5 Å². The van der Waals surface area contributed by atoms with Gasteiger partial charge in [-0.15, -0.1) is 0 Å². The summed E-state index contributed by atoms with van der Waals surface area (Å²) in [6, 6.07) is 14.0. The number of pyridine rings is 1. The number of para-hydroxylation sites is 1. The van der Waals surface area contributed by atoms with Gasteiger partial charge in [-0.05, 0) is 31.2 Å².